The molecular weight excluding hydrogens is 254 g/mol. The maximum absolute atomic E-state index is 12.2. The fourth-order valence-electron chi connectivity index (χ4n) is 1.71. The van der Waals surface area contributed by atoms with E-state index in [4.69, 9.17) is 0 Å². The second kappa shape index (κ2) is 5.30. The van der Waals surface area contributed by atoms with Gasteiger partial charge in [0.1, 0.15) is 6.54 Å². The lowest BCUT2D eigenvalue weighted by Gasteiger charge is -2.17. The number of anilines is 1. The van der Waals surface area contributed by atoms with Gasteiger partial charge in [-0.3, -0.25) is 9.59 Å². The molecule has 1 N–H and O–H groups in total. The SMILES string of the molecule is CNc1nnc(C(=O)N2CCCN(C)C(=O)C2)s1. The van der Waals surface area contributed by atoms with Gasteiger partial charge in [-0.15, -0.1) is 10.2 Å². The van der Waals surface area contributed by atoms with Crippen LogP contribution in [0, 0.1) is 0 Å². The van der Waals surface area contributed by atoms with Crippen LogP contribution in [0.2, 0.25) is 0 Å². The third-order valence-corrected chi connectivity index (χ3v) is 3.71. The zero-order chi connectivity index (χ0) is 13.1. The minimum absolute atomic E-state index is 0.0424. The van der Waals surface area contributed by atoms with E-state index in [0.717, 1.165) is 6.42 Å². The Balaban J connectivity index is 2.10. The molecule has 0 saturated carbocycles. The Bertz CT molecular complexity index is 461. The average Bonchev–Trinajstić information content (AvgIpc) is 2.78. The van der Waals surface area contributed by atoms with Crippen LogP contribution in [0.15, 0.2) is 0 Å². The number of carbonyl (C=O) groups excluding carboxylic acids is 2. The Morgan fingerprint density at radius 3 is 2.83 bits per heavy atom. The first-order valence-corrected chi connectivity index (χ1v) is 6.48. The minimum atomic E-state index is -0.224. The highest BCUT2D eigenvalue weighted by Crippen LogP contribution is 2.17. The molecule has 18 heavy (non-hydrogen) atoms. The fraction of sp³-hybridized carbons (Fsp3) is 0.600. The molecule has 0 unspecified atom stereocenters. The summed E-state index contributed by atoms with van der Waals surface area (Å²) in [6.07, 6.45) is 0.783. The quantitative estimate of drug-likeness (QED) is 0.810. The lowest BCUT2D eigenvalue weighted by molar-refractivity contribution is -0.129. The number of rotatable bonds is 2. The highest BCUT2D eigenvalue weighted by molar-refractivity contribution is 7.17. The average molecular weight is 269 g/mol. The standard InChI is InChI=1S/C10H15N5O2S/c1-11-10-13-12-8(18-10)9(17)15-5-3-4-14(2)7(16)6-15/h3-6H2,1-2H3,(H,11,13). The molecule has 1 saturated heterocycles. The van der Waals surface area contributed by atoms with E-state index in [2.05, 4.69) is 15.5 Å². The van der Waals surface area contributed by atoms with Crippen LogP contribution >= 0.6 is 11.3 Å². The highest BCUT2D eigenvalue weighted by atomic mass is 32.1. The van der Waals surface area contributed by atoms with E-state index in [1.807, 2.05) is 0 Å². The van der Waals surface area contributed by atoms with Gasteiger partial charge in [-0.2, -0.15) is 0 Å². The van der Waals surface area contributed by atoms with Crippen molar-refractivity contribution >= 4 is 28.3 Å². The summed E-state index contributed by atoms with van der Waals surface area (Å²) >= 11 is 1.19. The Morgan fingerprint density at radius 2 is 2.17 bits per heavy atom. The van der Waals surface area contributed by atoms with Crippen LogP contribution in [0.25, 0.3) is 0 Å². The van der Waals surface area contributed by atoms with Gasteiger partial charge < -0.3 is 15.1 Å². The summed E-state index contributed by atoms with van der Waals surface area (Å²) in [5, 5.41) is 11.4. The molecule has 7 nitrogen and oxygen atoms in total. The van der Waals surface area contributed by atoms with Gasteiger partial charge in [0.15, 0.2) is 0 Å². The number of amides is 2. The maximum atomic E-state index is 12.2. The molecule has 8 heteroatoms. The van der Waals surface area contributed by atoms with Gasteiger partial charge in [0.05, 0.1) is 0 Å². The molecule has 1 aromatic rings. The van der Waals surface area contributed by atoms with Crippen molar-refractivity contribution < 1.29 is 9.59 Å². The van der Waals surface area contributed by atoms with Crippen LogP contribution in [-0.4, -0.2) is 65.5 Å². The van der Waals surface area contributed by atoms with Crippen molar-refractivity contribution in [3.8, 4) is 0 Å². The van der Waals surface area contributed by atoms with Crippen LogP contribution in [0.4, 0.5) is 5.13 Å². The topological polar surface area (TPSA) is 78.4 Å². The van der Waals surface area contributed by atoms with Crippen molar-refractivity contribution in [2.45, 2.75) is 6.42 Å². The molecule has 0 radical (unpaired) electrons. The highest BCUT2D eigenvalue weighted by Gasteiger charge is 2.25. The molecule has 1 fully saturated rings. The third-order valence-electron chi connectivity index (χ3n) is 2.78. The summed E-state index contributed by atoms with van der Waals surface area (Å²) in [5.74, 6) is -0.267. The van der Waals surface area contributed by atoms with E-state index in [0.29, 0.717) is 23.2 Å². The van der Waals surface area contributed by atoms with Crippen molar-refractivity contribution in [2.24, 2.45) is 0 Å². The normalized spacial score (nSPS) is 16.7. The second-order valence-electron chi connectivity index (χ2n) is 4.06. The summed E-state index contributed by atoms with van der Waals surface area (Å²) in [6, 6.07) is 0. The smallest absolute Gasteiger partial charge is 0.285 e. The molecule has 98 valence electrons. The molecule has 0 atom stereocenters. The first-order valence-electron chi connectivity index (χ1n) is 5.66. The van der Waals surface area contributed by atoms with Crippen molar-refractivity contribution in [2.75, 3.05) is 39.0 Å². The summed E-state index contributed by atoms with van der Waals surface area (Å²) < 4.78 is 0. The van der Waals surface area contributed by atoms with E-state index in [1.165, 1.54) is 16.2 Å². The van der Waals surface area contributed by atoms with Crippen LogP contribution < -0.4 is 5.32 Å². The maximum Gasteiger partial charge on any atom is 0.285 e. The summed E-state index contributed by atoms with van der Waals surface area (Å²) in [7, 11) is 3.47. The molecule has 0 aliphatic carbocycles. The predicted octanol–water partition coefficient (Wildman–Crippen LogP) is -0.116. The largest absolute Gasteiger partial charge is 0.363 e. The van der Waals surface area contributed by atoms with E-state index >= 15 is 0 Å². The Hall–Kier alpha value is -1.70. The van der Waals surface area contributed by atoms with E-state index in [9.17, 15) is 9.59 Å². The Morgan fingerprint density at radius 1 is 1.39 bits per heavy atom. The number of hydrogen-bond acceptors (Lipinski definition) is 6. The van der Waals surface area contributed by atoms with Gasteiger partial charge in [0.25, 0.3) is 5.91 Å². The van der Waals surface area contributed by atoms with Crippen molar-refractivity contribution in [1.29, 1.82) is 0 Å². The lowest BCUT2D eigenvalue weighted by Crippen LogP contribution is -2.38. The van der Waals surface area contributed by atoms with E-state index < -0.39 is 0 Å². The van der Waals surface area contributed by atoms with Gasteiger partial charge in [-0.05, 0) is 6.42 Å². The molecule has 2 amide bonds. The molecule has 1 aliphatic heterocycles. The van der Waals surface area contributed by atoms with Gasteiger partial charge >= 0.3 is 0 Å². The van der Waals surface area contributed by atoms with Crippen LogP contribution in [0.5, 0.6) is 0 Å². The van der Waals surface area contributed by atoms with Crippen LogP contribution in [-0.2, 0) is 4.79 Å². The molecule has 0 aromatic carbocycles. The van der Waals surface area contributed by atoms with Gasteiger partial charge in [0, 0.05) is 27.2 Å². The van der Waals surface area contributed by atoms with E-state index in [-0.39, 0.29) is 18.4 Å². The zero-order valence-electron chi connectivity index (χ0n) is 10.3. The molecule has 2 heterocycles. The Kier molecular flexibility index (Phi) is 3.75. The van der Waals surface area contributed by atoms with Gasteiger partial charge in [-0.1, -0.05) is 11.3 Å². The second-order valence-corrected chi connectivity index (χ2v) is 5.04. The summed E-state index contributed by atoms with van der Waals surface area (Å²) in [6.45, 7) is 1.37. The third kappa shape index (κ3) is 2.58. The van der Waals surface area contributed by atoms with Gasteiger partial charge in [-0.25, -0.2) is 0 Å². The molecule has 1 aliphatic rings. The number of aromatic nitrogens is 2. The Labute approximate surface area is 109 Å². The van der Waals surface area contributed by atoms with Gasteiger partial charge in [0.2, 0.25) is 16.0 Å². The van der Waals surface area contributed by atoms with Crippen molar-refractivity contribution in [3.63, 3.8) is 0 Å². The number of likely N-dealkylation sites (N-methyl/N-ethyl adjacent to an activating group) is 1. The van der Waals surface area contributed by atoms with Crippen molar-refractivity contribution in [3.05, 3.63) is 5.01 Å². The minimum Gasteiger partial charge on any atom is -0.363 e. The molecule has 0 bridgehead atoms. The molecule has 2 rings (SSSR count). The van der Waals surface area contributed by atoms with E-state index in [1.54, 1.807) is 19.0 Å². The molecule has 0 spiro atoms. The summed E-state index contributed by atoms with van der Waals surface area (Å²) in [4.78, 5) is 27.1. The first-order chi connectivity index (χ1) is 8.61. The lowest BCUT2D eigenvalue weighted by atomic mass is 10.4. The zero-order valence-corrected chi connectivity index (χ0v) is 11.2. The number of carbonyl (C=O) groups is 2. The number of nitrogens with zero attached hydrogens (tertiary/aromatic N) is 4. The molecule has 1 aromatic heterocycles. The fourth-order valence-corrected chi connectivity index (χ4v) is 2.37. The van der Waals surface area contributed by atoms with Crippen LogP contribution in [0.3, 0.4) is 0 Å². The molecular formula is C10H15N5O2S. The number of nitrogens with one attached hydrogen (secondary N) is 1. The van der Waals surface area contributed by atoms with Crippen molar-refractivity contribution in [1.82, 2.24) is 20.0 Å². The van der Waals surface area contributed by atoms with Crippen LogP contribution in [0.1, 0.15) is 16.2 Å². The summed E-state index contributed by atoms with van der Waals surface area (Å²) in [5.41, 5.74) is 0. The monoisotopic (exact) mass is 269 g/mol. The first kappa shape index (κ1) is 12.7. The number of hydrogen-bond donors (Lipinski definition) is 1. The predicted molar refractivity (Wildman–Crippen MR) is 67.6 cm³/mol.